The summed E-state index contributed by atoms with van der Waals surface area (Å²) in [7, 11) is 0. The third-order valence-electron chi connectivity index (χ3n) is 2.09. The second kappa shape index (κ2) is 3.10. The van der Waals surface area contributed by atoms with Crippen LogP contribution in [0.1, 0.15) is 23.0 Å². The lowest BCUT2D eigenvalue weighted by atomic mass is 10.2. The fraction of sp³-hybridized carbons (Fsp3) is 0.0909. The van der Waals surface area contributed by atoms with Crippen LogP contribution in [0.5, 0.6) is 0 Å². The Morgan fingerprint density at radius 1 is 1.50 bits per heavy atom. The number of ketones is 1. The molecular weight excluding hydrogens is 176 g/mol. The molecule has 0 aliphatic rings. The van der Waals surface area contributed by atoms with Gasteiger partial charge in [-0.2, -0.15) is 0 Å². The number of pyridine rings is 1. The van der Waals surface area contributed by atoms with E-state index < -0.39 is 0 Å². The van der Waals surface area contributed by atoms with Crippen molar-refractivity contribution in [2.24, 2.45) is 0 Å². The van der Waals surface area contributed by atoms with Crippen LogP contribution in [0, 0.1) is 0 Å². The highest BCUT2D eigenvalue weighted by molar-refractivity contribution is 5.94. The minimum Gasteiger partial charge on any atom is -0.306 e. The van der Waals surface area contributed by atoms with E-state index in [-0.39, 0.29) is 5.78 Å². The molecule has 0 fully saturated rings. The van der Waals surface area contributed by atoms with Gasteiger partial charge < -0.3 is 4.40 Å². The standard InChI is InChI=1S/C11H10N2O/c1-3-10-7-13-6-9(8(2)14)4-5-11(13)12-10/h3-7H,1H2,2H3. The van der Waals surface area contributed by atoms with Crippen molar-refractivity contribution in [3.05, 3.63) is 42.4 Å². The van der Waals surface area contributed by atoms with Gasteiger partial charge in [-0.3, -0.25) is 4.79 Å². The maximum absolute atomic E-state index is 11.1. The van der Waals surface area contributed by atoms with Gasteiger partial charge in [-0.05, 0) is 25.1 Å². The van der Waals surface area contributed by atoms with Crippen LogP contribution in [-0.4, -0.2) is 15.2 Å². The zero-order valence-corrected chi connectivity index (χ0v) is 7.90. The molecule has 0 aliphatic carbocycles. The van der Waals surface area contributed by atoms with Crippen molar-refractivity contribution in [3.8, 4) is 0 Å². The molecule has 0 radical (unpaired) electrons. The van der Waals surface area contributed by atoms with E-state index in [4.69, 9.17) is 0 Å². The van der Waals surface area contributed by atoms with Gasteiger partial charge in [0.25, 0.3) is 0 Å². The SMILES string of the molecule is C=Cc1cn2cc(C(C)=O)ccc2n1. The number of Topliss-reactive ketones (excluding diaryl/α,β-unsaturated/α-hetero) is 1. The molecule has 2 rings (SSSR count). The van der Waals surface area contributed by atoms with Gasteiger partial charge in [0.2, 0.25) is 0 Å². The number of rotatable bonds is 2. The normalized spacial score (nSPS) is 10.4. The first-order chi connectivity index (χ1) is 6.70. The first-order valence-corrected chi connectivity index (χ1v) is 4.33. The summed E-state index contributed by atoms with van der Waals surface area (Å²) >= 11 is 0. The molecule has 0 amide bonds. The molecule has 0 saturated carbocycles. The third kappa shape index (κ3) is 1.33. The quantitative estimate of drug-likeness (QED) is 0.674. The van der Waals surface area contributed by atoms with Crippen molar-refractivity contribution in [1.29, 1.82) is 0 Å². The highest BCUT2D eigenvalue weighted by atomic mass is 16.1. The lowest BCUT2D eigenvalue weighted by Crippen LogP contribution is -1.94. The molecule has 0 unspecified atom stereocenters. The van der Waals surface area contributed by atoms with Crippen LogP contribution in [0.15, 0.2) is 31.1 Å². The molecule has 2 heterocycles. The zero-order chi connectivity index (χ0) is 10.1. The van der Waals surface area contributed by atoms with Crippen LogP contribution in [0.3, 0.4) is 0 Å². The number of nitrogens with zero attached hydrogens (tertiary/aromatic N) is 2. The van der Waals surface area contributed by atoms with Gasteiger partial charge in [0.05, 0.1) is 5.69 Å². The number of hydrogen-bond acceptors (Lipinski definition) is 2. The first kappa shape index (κ1) is 8.69. The molecule has 0 atom stereocenters. The molecule has 3 heteroatoms. The van der Waals surface area contributed by atoms with Crippen molar-refractivity contribution in [2.75, 3.05) is 0 Å². The molecular formula is C11H10N2O. The monoisotopic (exact) mass is 186 g/mol. The van der Waals surface area contributed by atoms with E-state index in [1.54, 1.807) is 25.3 Å². The summed E-state index contributed by atoms with van der Waals surface area (Å²) in [5.74, 6) is 0.0563. The Hall–Kier alpha value is -1.90. The first-order valence-electron chi connectivity index (χ1n) is 4.33. The zero-order valence-electron chi connectivity index (χ0n) is 7.90. The smallest absolute Gasteiger partial charge is 0.161 e. The number of carbonyl (C=O) groups is 1. The van der Waals surface area contributed by atoms with Gasteiger partial charge >= 0.3 is 0 Å². The summed E-state index contributed by atoms with van der Waals surface area (Å²) in [6.45, 7) is 5.19. The number of aromatic nitrogens is 2. The van der Waals surface area contributed by atoms with Gasteiger partial charge in [0, 0.05) is 18.0 Å². The average molecular weight is 186 g/mol. The second-order valence-corrected chi connectivity index (χ2v) is 3.11. The van der Waals surface area contributed by atoms with E-state index in [2.05, 4.69) is 11.6 Å². The molecule has 2 aromatic heterocycles. The van der Waals surface area contributed by atoms with Gasteiger partial charge in [0.1, 0.15) is 5.65 Å². The minimum absolute atomic E-state index is 0.0563. The van der Waals surface area contributed by atoms with Gasteiger partial charge in [-0.15, -0.1) is 0 Å². The van der Waals surface area contributed by atoms with Crippen molar-refractivity contribution in [1.82, 2.24) is 9.38 Å². The topological polar surface area (TPSA) is 34.4 Å². The molecule has 2 aromatic rings. The summed E-state index contributed by atoms with van der Waals surface area (Å²) in [5.41, 5.74) is 2.32. The van der Waals surface area contributed by atoms with E-state index in [9.17, 15) is 4.79 Å². The summed E-state index contributed by atoms with van der Waals surface area (Å²) in [4.78, 5) is 15.4. The molecule has 0 aromatic carbocycles. The van der Waals surface area contributed by atoms with Crippen LogP contribution in [0.25, 0.3) is 11.7 Å². The van der Waals surface area contributed by atoms with Crippen LogP contribution in [-0.2, 0) is 0 Å². The highest BCUT2D eigenvalue weighted by Crippen LogP contribution is 2.08. The maximum atomic E-state index is 11.1. The molecule has 70 valence electrons. The van der Waals surface area contributed by atoms with Gasteiger partial charge in [-0.1, -0.05) is 6.58 Å². The van der Waals surface area contributed by atoms with E-state index in [1.165, 1.54) is 0 Å². The molecule has 0 N–H and O–H groups in total. The third-order valence-corrected chi connectivity index (χ3v) is 2.09. The van der Waals surface area contributed by atoms with Crippen molar-refractivity contribution in [2.45, 2.75) is 6.92 Å². The summed E-state index contributed by atoms with van der Waals surface area (Å²) < 4.78 is 1.83. The lowest BCUT2D eigenvalue weighted by Gasteiger charge is -1.96. The van der Waals surface area contributed by atoms with E-state index in [0.29, 0.717) is 5.56 Å². The molecule has 0 saturated heterocycles. The van der Waals surface area contributed by atoms with Crippen LogP contribution < -0.4 is 0 Å². The Morgan fingerprint density at radius 2 is 2.29 bits per heavy atom. The van der Waals surface area contributed by atoms with Crippen LogP contribution in [0.4, 0.5) is 0 Å². The highest BCUT2D eigenvalue weighted by Gasteiger charge is 2.02. The second-order valence-electron chi connectivity index (χ2n) is 3.11. The number of fused-ring (bicyclic) bond motifs is 1. The molecule has 3 nitrogen and oxygen atoms in total. The van der Waals surface area contributed by atoms with Crippen LogP contribution >= 0.6 is 0 Å². The summed E-state index contributed by atoms with van der Waals surface area (Å²) in [5, 5.41) is 0. The largest absolute Gasteiger partial charge is 0.306 e. The number of hydrogen-bond donors (Lipinski definition) is 0. The number of imidazole rings is 1. The Balaban J connectivity index is 2.65. The van der Waals surface area contributed by atoms with Gasteiger partial charge in [-0.25, -0.2) is 4.98 Å². The fourth-order valence-electron chi connectivity index (χ4n) is 1.32. The van der Waals surface area contributed by atoms with Crippen molar-refractivity contribution >= 4 is 17.5 Å². The van der Waals surface area contributed by atoms with E-state index in [0.717, 1.165) is 11.3 Å². The number of carbonyl (C=O) groups excluding carboxylic acids is 1. The summed E-state index contributed by atoms with van der Waals surface area (Å²) in [6, 6.07) is 3.60. The Labute approximate surface area is 81.7 Å². The Bertz CT molecular complexity index is 511. The average Bonchev–Trinajstić information content (AvgIpc) is 2.58. The molecule has 14 heavy (non-hydrogen) atoms. The fourth-order valence-corrected chi connectivity index (χ4v) is 1.32. The van der Waals surface area contributed by atoms with E-state index in [1.807, 2.05) is 16.7 Å². The van der Waals surface area contributed by atoms with E-state index >= 15 is 0 Å². The predicted molar refractivity (Wildman–Crippen MR) is 55.3 cm³/mol. The van der Waals surface area contributed by atoms with Crippen molar-refractivity contribution < 1.29 is 4.79 Å². The maximum Gasteiger partial charge on any atom is 0.161 e. The molecule has 0 aliphatic heterocycles. The van der Waals surface area contributed by atoms with Gasteiger partial charge in [0.15, 0.2) is 5.78 Å². The minimum atomic E-state index is 0.0563. The summed E-state index contributed by atoms with van der Waals surface area (Å²) in [6.07, 6.45) is 5.30. The molecule has 0 bridgehead atoms. The lowest BCUT2D eigenvalue weighted by molar-refractivity contribution is 0.101. The molecule has 0 spiro atoms. The predicted octanol–water partition coefficient (Wildman–Crippen LogP) is 2.18. The van der Waals surface area contributed by atoms with Crippen molar-refractivity contribution in [3.63, 3.8) is 0 Å². The Kier molecular flexibility index (Phi) is 1.93. The van der Waals surface area contributed by atoms with Crippen LogP contribution in [0.2, 0.25) is 0 Å². The Morgan fingerprint density at radius 3 is 2.93 bits per heavy atom.